The lowest BCUT2D eigenvalue weighted by molar-refractivity contribution is 0.0971. The van der Waals surface area contributed by atoms with E-state index < -0.39 is 0 Å². The van der Waals surface area contributed by atoms with Gasteiger partial charge in [-0.2, -0.15) is 5.26 Å². The standard InChI is InChI=1S/C16H28N2O/c1-16(13-17,18-15-8-9-15)10-4-5-11-19-12-14-6-2-3-7-14/h14-15,18H,2-12H2,1H3. The van der Waals surface area contributed by atoms with E-state index in [4.69, 9.17) is 4.74 Å². The first-order valence-corrected chi connectivity index (χ1v) is 7.98. The number of hydrogen-bond acceptors (Lipinski definition) is 3. The molecule has 0 heterocycles. The third kappa shape index (κ3) is 5.50. The highest BCUT2D eigenvalue weighted by Crippen LogP contribution is 2.26. The molecule has 3 nitrogen and oxygen atoms in total. The van der Waals surface area contributed by atoms with Gasteiger partial charge in [-0.3, -0.25) is 5.32 Å². The molecule has 19 heavy (non-hydrogen) atoms. The van der Waals surface area contributed by atoms with Crippen LogP contribution in [0.15, 0.2) is 0 Å². The first-order chi connectivity index (χ1) is 9.22. The Morgan fingerprint density at radius 2 is 1.95 bits per heavy atom. The van der Waals surface area contributed by atoms with Crippen molar-refractivity contribution in [1.82, 2.24) is 5.32 Å². The van der Waals surface area contributed by atoms with Gasteiger partial charge in [-0.1, -0.05) is 12.8 Å². The summed E-state index contributed by atoms with van der Waals surface area (Å²) in [6, 6.07) is 3.03. The van der Waals surface area contributed by atoms with Gasteiger partial charge in [0.2, 0.25) is 0 Å². The molecule has 0 amide bonds. The summed E-state index contributed by atoms with van der Waals surface area (Å²) in [6.07, 6.45) is 11.1. The average Bonchev–Trinajstić information content (AvgIpc) is 3.06. The fraction of sp³-hybridized carbons (Fsp3) is 0.938. The summed E-state index contributed by atoms with van der Waals surface area (Å²) in [6.45, 7) is 3.85. The van der Waals surface area contributed by atoms with Crippen LogP contribution in [-0.4, -0.2) is 24.8 Å². The van der Waals surface area contributed by atoms with Crippen LogP contribution in [0.3, 0.4) is 0 Å². The summed E-state index contributed by atoms with van der Waals surface area (Å²) >= 11 is 0. The van der Waals surface area contributed by atoms with E-state index in [0.717, 1.165) is 38.4 Å². The van der Waals surface area contributed by atoms with Gasteiger partial charge in [-0.25, -0.2) is 0 Å². The molecule has 0 aromatic rings. The van der Waals surface area contributed by atoms with E-state index in [2.05, 4.69) is 11.4 Å². The van der Waals surface area contributed by atoms with Gasteiger partial charge in [0.05, 0.1) is 6.07 Å². The SMILES string of the molecule is CC(C#N)(CCCCOCC1CCCC1)NC1CC1. The first-order valence-electron chi connectivity index (χ1n) is 7.98. The Kier molecular flexibility index (Phi) is 5.66. The van der Waals surface area contributed by atoms with Crippen LogP contribution in [0.1, 0.15) is 64.7 Å². The predicted molar refractivity (Wildman–Crippen MR) is 76.8 cm³/mol. The molecule has 0 saturated heterocycles. The minimum Gasteiger partial charge on any atom is -0.381 e. The fourth-order valence-electron chi connectivity index (χ4n) is 2.95. The van der Waals surface area contributed by atoms with Crippen molar-refractivity contribution in [3.05, 3.63) is 0 Å². The quantitative estimate of drug-likeness (QED) is 0.649. The van der Waals surface area contributed by atoms with Crippen LogP contribution in [0.25, 0.3) is 0 Å². The normalized spacial score (nSPS) is 23.2. The number of nitrogens with zero attached hydrogens (tertiary/aromatic N) is 1. The molecule has 108 valence electrons. The highest BCUT2D eigenvalue weighted by molar-refractivity contribution is 5.06. The molecule has 2 aliphatic rings. The summed E-state index contributed by atoms with van der Waals surface area (Å²) in [5, 5.41) is 12.7. The lowest BCUT2D eigenvalue weighted by Gasteiger charge is -2.23. The fourth-order valence-corrected chi connectivity index (χ4v) is 2.95. The molecule has 1 unspecified atom stereocenters. The van der Waals surface area contributed by atoms with Crippen molar-refractivity contribution >= 4 is 0 Å². The van der Waals surface area contributed by atoms with Crippen LogP contribution < -0.4 is 5.32 Å². The minimum atomic E-state index is -0.327. The van der Waals surface area contributed by atoms with Gasteiger partial charge >= 0.3 is 0 Å². The van der Waals surface area contributed by atoms with Crippen LogP contribution >= 0.6 is 0 Å². The Morgan fingerprint density at radius 1 is 1.21 bits per heavy atom. The summed E-state index contributed by atoms with van der Waals surface area (Å²) < 4.78 is 5.76. The lowest BCUT2D eigenvalue weighted by Crippen LogP contribution is -2.42. The van der Waals surface area contributed by atoms with Gasteiger partial charge in [0.25, 0.3) is 0 Å². The molecule has 1 atom stereocenters. The van der Waals surface area contributed by atoms with Gasteiger partial charge in [0.15, 0.2) is 0 Å². The van der Waals surface area contributed by atoms with Crippen molar-refractivity contribution in [2.24, 2.45) is 5.92 Å². The van der Waals surface area contributed by atoms with E-state index in [1.165, 1.54) is 38.5 Å². The van der Waals surface area contributed by atoms with E-state index in [9.17, 15) is 5.26 Å². The number of ether oxygens (including phenoxy) is 1. The predicted octanol–water partition coefficient (Wildman–Crippen LogP) is 3.40. The summed E-state index contributed by atoms with van der Waals surface area (Å²) in [7, 11) is 0. The van der Waals surface area contributed by atoms with Gasteiger partial charge in [0.1, 0.15) is 5.54 Å². The third-order valence-corrected chi connectivity index (χ3v) is 4.39. The molecule has 2 rings (SSSR count). The molecule has 2 fully saturated rings. The van der Waals surface area contributed by atoms with Gasteiger partial charge in [-0.15, -0.1) is 0 Å². The van der Waals surface area contributed by atoms with Gasteiger partial charge < -0.3 is 4.74 Å². The second-order valence-electron chi connectivity index (χ2n) is 6.55. The van der Waals surface area contributed by atoms with Crippen LogP contribution in [0, 0.1) is 17.2 Å². The van der Waals surface area contributed by atoms with E-state index in [-0.39, 0.29) is 5.54 Å². The molecule has 2 aliphatic carbocycles. The monoisotopic (exact) mass is 264 g/mol. The van der Waals surface area contributed by atoms with Crippen molar-refractivity contribution < 1.29 is 4.74 Å². The van der Waals surface area contributed by atoms with Crippen molar-refractivity contribution in [2.45, 2.75) is 76.3 Å². The number of hydrogen-bond donors (Lipinski definition) is 1. The van der Waals surface area contributed by atoms with Crippen LogP contribution in [0.2, 0.25) is 0 Å². The molecular weight excluding hydrogens is 236 g/mol. The molecule has 0 aliphatic heterocycles. The maximum absolute atomic E-state index is 9.26. The zero-order valence-electron chi connectivity index (χ0n) is 12.3. The summed E-state index contributed by atoms with van der Waals surface area (Å²) in [5.41, 5.74) is -0.327. The van der Waals surface area contributed by atoms with E-state index in [1.807, 2.05) is 6.92 Å². The molecule has 0 aromatic heterocycles. The molecule has 2 saturated carbocycles. The van der Waals surface area contributed by atoms with Crippen molar-refractivity contribution in [3.8, 4) is 6.07 Å². The Balaban J connectivity index is 1.49. The number of nitriles is 1. The highest BCUT2D eigenvalue weighted by atomic mass is 16.5. The largest absolute Gasteiger partial charge is 0.381 e. The van der Waals surface area contributed by atoms with Crippen molar-refractivity contribution in [2.75, 3.05) is 13.2 Å². The van der Waals surface area contributed by atoms with Crippen LogP contribution in [-0.2, 0) is 4.74 Å². The Hall–Kier alpha value is -0.590. The van der Waals surface area contributed by atoms with E-state index in [0.29, 0.717) is 6.04 Å². The van der Waals surface area contributed by atoms with E-state index in [1.54, 1.807) is 0 Å². The highest BCUT2D eigenvalue weighted by Gasteiger charge is 2.31. The Labute approximate surface area is 117 Å². The smallest absolute Gasteiger partial charge is 0.104 e. The molecule has 3 heteroatoms. The third-order valence-electron chi connectivity index (χ3n) is 4.39. The van der Waals surface area contributed by atoms with Crippen molar-refractivity contribution in [3.63, 3.8) is 0 Å². The molecule has 1 N–H and O–H groups in total. The molecule has 0 spiro atoms. The second kappa shape index (κ2) is 7.26. The molecule has 0 radical (unpaired) electrons. The molecular formula is C16H28N2O. The Bertz CT molecular complexity index is 302. The minimum absolute atomic E-state index is 0.327. The van der Waals surface area contributed by atoms with Gasteiger partial charge in [-0.05, 0) is 57.8 Å². The van der Waals surface area contributed by atoms with Crippen LogP contribution in [0.4, 0.5) is 0 Å². The first kappa shape index (κ1) is 14.8. The number of unbranched alkanes of at least 4 members (excludes halogenated alkanes) is 1. The van der Waals surface area contributed by atoms with E-state index >= 15 is 0 Å². The maximum atomic E-state index is 9.26. The van der Waals surface area contributed by atoms with Crippen LogP contribution in [0.5, 0.6) is 0 Å². The molecule has 0 aromatic carbocycles. The summed E-state index contributed by atoms with van der Waals surface area (Å²) in [4.78, 5) is 0. The topological polar surface area (TPSA) is 45.0 Å². The summed E-state index contributed by atoms with van der Waals surface area (Å²) in [5.74, 6) is 0.820. The lowest BCUT2D eigenvalue weighted by atomic mass is 9.96. The zero-order chi connectivity index (χ0) is 13.6. The van der Waals surface area contributed by atoms with Crippen molar-refractivity contribution in [1.29, 1.82) is 5.26 Å². The Morgan fingerprint density at radius 3 is 2.58 bits per heavy atom. The zero-order valence-corrected chi connectivity index (χ0v) is 12.3. The molecule has 0 bridgehead atoms. The number of nitrogens with one attached hydrogen (secondary N) is 1. The second-order valence-corrected chi connectivity index (χ2v) is 6.55. The average molecular weight is 264 g/mol. The van der Waals surface area contributed by atoms with Gasteiger partial charge in [0, 0.05) is 19.3 Å². The maximum Gasteiger partial charge on any atom is 0.104 e. The number of rotatable bonds is 9.